The third-order valence-corrected chi connectivity index (χ3v) is 5.32. The molecule has 0 saturated carbocycles. The molecule has 1 aliphatic rings. The number of rotatable bonds is 2. The number of hydrogen-bond donors (Lipinski definition) is 0. The highest BCUT2D eigenvalue weighted by Crippen LogP contribution is 2.20. The lowest BCUT2D eigenvalue weighted by atomic mass is 10.1. The van der Waals surface area contributed by atoms with Crippen LogP contribution in [0.2, 0.25) is 0 Å². The molecule has 1 saturated heterocycles. The number of hydrogen-bond acceptors (Lipinski definition) is 4. The van der Waals surface area contributed by atoms with Gasteiger partial charge in [0, 0.05) is 31.4 Å². The minimum absolute atomic E-state index is 0.106. The van der Waals surface area contributed by atoms with E-state index < -0.39 is 9.84 Å². The van der Waals surface area contributed by atoms with Crippen molar-refractivity contribution in [1.82, 2.24) is 9.80 Å². The van der Waals surface area contributed by atoms with Crippen LogP contribution in [-0.4, -0.2) is 62.6 Å². The summed E-state index contributed by atoms with van der Waals surface area (Å²) in [5.41, 5.74) is 0.268. The second-order valence-corrected chi connectivity index (χ2v) is 7.83. The number of amides is 1. The first-order chi connectivity index (χ1) is 9.71. The highest BCUT2D eigenvalue weighted by Gasteiger charge is 2.31. The topological polar surface area (TPSA) is 57.7 Å². The molecule has 6 heteroatoms. The van der Waals surface area contributed by atoms with Crippen molar-refractivity contribution >= 4 is 15.7 Å². The molecule has 2 atom stereocenters. The minimum Gasteiger partial charge on any atom is -0.335 e. The van der Waals surface area contributed by atoms with E-state index in [-0.39, 0.29) is 28.4 Å². The van der Waals surface area contributed by atoms with Crippen LogP contribution >= 0.6 is 0 Å². The summed E-state index contributed by atoms with van der Waals surface area (Å²) in [4.78, 5) is 16.8. The van der Waals surface area contributed by atoms with Gasteiger partial charge < -0.3 is 4.90 Å². The van der Waals surface area contributed by atoms with Gasteiger partial charge in [-0.1, -0.05) is 12.1 Å². The van der Waals surface area contributed by atoms with Gasteiger partial charge in [-0.25, -0.2) is 8.42 Å². The molecule has 0 spiro atoms. The molecule has 0 radical (unpaired) electrons. The van der Waals surface area contributed by atoms with Crippen LogP contribution in [0.1, 0.15) is 24.2 Å². The molecule has 0 unspecified atom stereocenters. The predicted molar refractivity (Wildman–Crippen MR) is 82.1 cm³/mol. The molecule has 116 valence electrons. The van der Waals surface area contributed by atoms with Crippen molar-refractivity contribution in [1.29, 1.82) is 0 Å². The average molecular weight is 310 g/mol. The number of likely N-dealkylation sites (N-methyl/N-ethyl adjacent to an activating group) is 1. The summed E-state index contributed by atoms with van der Waals surface area (Å²) in [6.07, 6.45) is 1.13. The van der Waals surface area contributed by atoms with Gasteiger partial charge in [-0.05, 0) is 33.0 Å². The molecule has 21 heavy (non-hydrogen) atoms. The lowest BCUT2D eigenvalue weighted by molar-refractivity contribution is 0.0411. The molecular formula is C15H22N2O3S. The van der Waals surface area contributed by atoms with Gasteiger partial charge in [0.1, 0.15) is 0 Å². The summed E-state index contributed by atoms with van der Waals surface area (Å²) in [5.74, 6) is -0.206. The zero-order valence-corrected chi connectivity index (χ0v) is 13.7. The van der Waals surface area contributed by atoms with Gasteiger partial charge in [-0.15, -0.1) is 0 Å². The van der Waals surface area contributed by atoms with E-state index in [1.807, 2.05) is 7.05 Å². The fourth-order valence-corrected chi connectivity index (χ4v) is 3.59. The summed E-state index contributed by atoms with van der Waals surface area (Å²) >= 11 is 0. The highest BCUT2D eigenvalue weighted by molar-refractivity contribution is 7.90. The van der Waals surface area contributed by atoms with E-state index in [0.29, 0.717) is 13.1 Å². The van der Waals surface area contributed by atoms with E-state index in [0.717, 1.165) is 6.26 Å². The van der Waals surface area contributed by atoms with Gasteiger partial charge in [-0.3, -0.25) is 9.69 Å². The fourth-order valence-electron chi connectivity index (χ4n) is 2.71. The normalized spacial score (nSPS) is 24.1. The van der Waals surface area contributed by atoms with Gasteiger partial charge >= 0.3 is 0 Å². The van der Waals surface area contributed by atoms with Crippen LogP contribution in [0, 0.1) is 0 Å². The molecule has 2 rings (SSSR count). The molecule has 1 heterocycles. The van der Waals surface area contributed by atoms with Crippen LogP contribution in [0.4, 0.5) is 0 Å². The van der Waals surface area contributed by atoms with E-state index in [1.165, 1.54) is 6.07 Å². The molecule has 1 amide bonds. The Balaban J connectivity index is 2.34. The SMILES string of the molecule is C[C@@H]1CN(C(=O)c2ccccc2S(C)(=O)=O)C[C@H](C)N1C. The van der Waals surface area contributed by atoms with Gasteiger partial charge in [-0.2, -0.15) is 0 Å². The standard InChI is InChI=1S/C15H22N2O3S/c1-11-9-17(10-12(2)16(11)3)15(18)13-7-5-6-8-14(13)21(4,19)20/h5-8,11-12H,9-10H2,1-4H3/t11-,12+. The van der Waals surface area contributed by atoms with Crippen molar-refractivity contribution in [2.24, 2.45) is 0 Å². The van der Waals surface area contributed by atoms with Gasteiger partial charge in [0.15, 0.2) is 9.84 Å². The zero-order chi connectivity index (χ0) is 15.8. The Morgan fingerprint density at radius 3 is 2.19 bits per heavy atom. The predicted octanol–water partition coefficient (Wildman–Crippen LogP) is 1.25. The van der Waals surface area contributed by atoms with E-state index in [9.17, 15) is 13.2 Å². The summed E-state index contributed by atoms with van der Waals surface area (Å²) in [6, 6.07) is 6.93. The fraction of sp³-hybridized carbons (Fsp3) is 0.533. The molecule has 1 aliphatic heterocycles. The Bertz CT molecular complexity index is 630. The maximum atomic E-state index is 12.7. The smallest absolute Gasteiger partial charge is 0.255 e. The van der Waals surface area contributed by atoms with Crippen molar-refractivity contribution in [3.63, 3.8) is 0 Å². The maximum absolute atomic E-state index is 12.7. The van der Waals surface area contributed by atoms with Crippen molar-refractivity contribution < 1.29 is 13.2 Å². The number of benzene rings is 1. The average Bonchev–Trinajstić information content (AvgIpc) is 2.42. The molecule has 1 aromatic carbocycles. The van der Waals surface area contributed by atoms with Crippen LogP contribution in [0.5, 0.6) is 0 Å². The molecule has 0 bridgehead atoms. The third-order valence-electron chi connectivity index (χ3n) is 4.16. The molecule has 5 nitrogen and oxygen atoms in total. The molecule has 0 aromatic heterocycles. The first-order valence-electron chi connectivity index (χ1n) is 7.02. The van der Waals surface area contributed by atoms with Crippen molar-refractivity contribution in [2.45, 2.75) is 30.8 Å². The Morgan fingerprint density at radius 1 is 1.14 bits per heavy atom. The highest BCUT2D eigenvalue weighted by atomic mass is 32.2. The molecular weight excluding hydrogens is 288 g/mol. The quantitative estimate of drug-likeness (QED) is 0.825. The van der Waals surface area contributed by atoms with E-state index in [1.54, 1.807) is 23.1 Å². The third kappa shape index (κ3) is 3.27. The van der Waals surface area contributed by atoms with Crippen molar-refractivity contribution in [3.8, 4) is 0 Å². The van der Waals surface area contributed by atoms with Crippen LogP contribution < -0.4 is 0 Å². The summed E-state index contributed by atoms with van der Waals surface area (Å²) in [7, 11) is -1.37. The van der Waals surface area contributed by atoms with Crippen molar-refractivity contribution in [3.05, 3.63) is 29.8 Å². The Hall–Kier alpha value is -1.40. The summed E-state index contributed by atoms with van der Waals surface area (Å²) in [6.45, 7) is 5.35. The van der Waals surface area contributed by atoms with Crippen molar-refractivity contribution in [2.75, 3.05) is 26.4 Å². The van der Waals surface area contributed by atoms with E-state index in [4.69, 9.17) is 0 Å². The number of sulfone groups is 1. The van der Waals surface area contributed by atoms with Crippen LogP contribution in [0.3, 0.4) is 0 Å². The zero-order valence-electron chi connectivity index (χ0n) is 12.9. The second kappa shape index (κ2) is 5.77. The number of carbonyl (C=O) groups excluding carboxylic acids is 1. The second-order valence-electron chi connectivity index (χ2n) is 5.84. The van der Waals surface area contributed by atoms with Gasteiger partial charge in [0.05, 0.1) is 10.5 Å². The first kappa shape index (κ1) is 16.0. The molecule has 0 aliphatic carbocycles. The number of piperazine rings is 1. The van der Waals surface area contributed by atoms with E-state index >= 15 is 0 Å². The summed E-state index contributed by atoms with van der Waals surface area (Å²) < 4.78 is 23.7. The van der Waals surface area contributed by atoms with E-state index in [2.05, 4.69) is 18.7 Å². The summed E-state index contributed by atoms with van der Waals surface area (Å²) in [5, 5.41) is 0. The van der Waals surface area contributed by atoms with Crippen LogP contribution in [-0.2, 0) is 9.84 Å². The molecule has 1 aromatic rings. The Kier molecular flexibility index (Phi) is 4.39. The van der Waals surface area contributed by atoms with Crippen LogP contribution in [0.25, 0.3) is 0 Å². The van der Waals surface area contributed by atoms with Gasteiger partial charge in [0.2, 0.25) is 0 Å². The Morgan fingerprint density at radius 2 is 1.67 bits per heavy atom. The van der Waals surface area contributed by atoms with Gasteiger partial charge in [0.25, 0.3) is 5.91 Å². The lowest BCUT2D eigenvalue weighted by Crippen LogP contribution is -2.56. The Labute approximate surface area is 126 Å². The lowest BCUT2D eigenvalue weighted by Gasteiger charge is -2.42. The van der Waals surface area contributed by atoms with Crippen LogP contribution in [0.15, 0.2) is 29.2 Å². The number of carbonyl (C=O) groups is 1. The first-order valence-corrected chi connectivity index (χ1v) is 8.91. The molecule has 0 N–H and O–H groups in total. The minimum atomic E-state index is -3.41. The maximum Gasteiger partial charge on any atom is 0.255 e. The largest absolute Gasteiger partial charge is 0.335 e. The monoisotopic (exact) mass is 310 g/mol. The molecule has 1 fully saturated rings. The number of nitrogens with zero attached hydrogens (tertiary/aromatic N) is 2.